The molecule has 5 heteroatoms. The maximum Gasteiger partial charge on any atom is 0.253 e. The Morgan fingerprint density at radius 2 is 2.11 bits per heavy atom. The second kappa shape index (κ2) is 6.25. The summed E-state index contributed by atoms with van der Waals surface area (Å²) in [6.45, 7) is 0. The summed E-state index contributed by atoms with van der Waals surface area (Å²) in [7, 11) is 1.86. The van der Waals surface area contributed by atoms with E-state index in [2.05, 4.69) is 10.0 Å². The largest absolute Gasteiger partial charge is 0.339 e. The highest BCUT2D eigenvalue weighted by Gasteiger charge is 2.22. The van der Waals surface area contributed by atoms with Crippen LogP contribution < -0.4 is 0 Å². The number of nitrogens with zero attached hydrogens (tertiary/aromatic N) is 4. The molecule has 1 aliphatic carbocycles. The van der Waals surface area contributed by atoms with Gasteiger partial charge < -0.3 is 4.90 Å². The first-order chi connectivity index (χ1) is 9.22. The molecule has 2 rings (SSSR count). The van der Waals surface area contributed by atoms with Crippen molar-refractivity contribution in [3.63, 3.8) is 0 Å². The van der Waals surface area contributed by atoms with Gasteiger partial charge in [0.15, 0.2) is 0 Å². The summed E-state index contributed by atoms with van der Waals surface area (Å²) in [4.78, 5) is 17.0. The first-order valence-electron chi connectivity index (χ1n) is 6.64. The van der Waals surface area contributed by atoms with Gasteiger partial charge in [-0.3, -0.25) is 4.79 Å². The van der Waals surface area contributed by atoms with Crippen LogP contribution in [0.1, 0.15) is 42.5 Å². The summed E-state index contributed by atoms with van der Waals surface area (Å²) in [6.07, 6.45) is 5.82. The fourth-order valence-corrected chi connectivity index (χ4v) is 2.59. The average Bonchev–Trinajstić information content (AvgIpc) is 2.47. The van der Waals surface area contributed by atoms with Crippen molar-refractivity contribution in [2.45, 2.75) is 38.1 Å². The van der Waals surface area contributed by atoms with E-state index in [4.69, 9.17) is 5.53 Å². The third kappa shape index (κ3) is 3.26. The Morgan fingerprint density at radius 3 is 2.79 bits per heavy atom. The van der Waals surface area contributed by atoms with Gasteiger partial charge in [0, 0.05) is 29.3 Å². The molecule has 1 aliphatic rings. The first kappa shape index (κ1) is 13.4. The van der Waals surface area contributed by atoms with E-state index in [0.29, 0.717) is 17.3 Å². The van der Waals surface area contributed by atoms with Crippen LogP contribution in [0.5, 0.6) is 0 Å². The molecule has 1 aromatic carbocycles. The van der Waals surface area contributed by atoms with Crippen LogP contribution in [0.25, 0.3) is 10.4 Å². The maximum absolute atomic E-state index is 12.4. The molecule has 19 heavy (non-hydrogen) atoms. The van der Waals surface area contributed by atoms with Crippen LogP contribution in [0.3, 0.4) is 0 Å². The molecular weight excluding hydrogens is 240 g/mol. The number of hydrogen-bond donors (Lipinski definition) is 0. The minimum Gasteiger partial charge on any atom is -0.339 e. The van der Waals surface area contributed by atoms with Gasteiger partial charge in [0.25, 0.3) is 5.91 Å². The minimum absolute atomic E-state index is 0.00175. The van der Waals surface area contributed by atoms with E-state index in [0.717, 1.165) is 12.8 Å². The van der Waals surface area contributed by atoms with Crippen molar-refractivity contribution in [2.75, 3.05) is 7.05 Å². The summed E-state index contributed by atoms with van der Waals surface area (Å²) in [6, 6.07) is 7.17. The van der Waals surface area contributed by atoms with Gasteiger partial charge in [0.1, 0.15) is 0 Å². The Labute approximate surface area is 112 Å². The zero-order valence-electron chi connectivity index (χ0n) is 11.1. The zero-order valence-corrected chi connectivity index (χ0v) is 11.1. The van der Waals surface area contributed by atoms with E-state index >= 15 is 0 Å². The third-order valence-corrected chi connectivity index (χ3v) is 3.70. The van der Waals surface area contributed by atoms with Gasteiger partial charge in [-0.25, -0.2) is 0 Å². The van der Waals surface area contributed by atoms with Crippen molar-refractivity contribution in [1.29, 1.82) is 0 Å². The van der Waals surface area contributed by atoms with Crippen LogP contribution in [-0.4, -0.2) is 23.9 Å². The van der Waals surface area contributed by atoms with E-state index in [1.54, 1.807) is 24.3 Å². The van der Waals surface area contributed by atoms with Crippen LogP contribution in [-0.2, 0) is 0 Å². The fraction of sp³-hybridized carbons (Fsp3) is 0.500. The molecule has 0 radical (unpaired) electrons. The number of carbonyl (C=O) groups excluding carboxylic acids is 1. The molecule has 0 spiro atoms. The molecule has 0 atom stereocenters. The smallest absolute Gasteiger partial charge is 0.253 e. The summed E-state index contributed by atoms with van der Waals surface area (Å²) in [5.41, 5.74) is 9.48. The molecule has 1 amide bonds. The quantitative estimate of drug-likeness (QED) is 0.458. The van der Waals surface area contributed by atoms with Gasteiger partial charge in [0.2, 0.25) is 0 Å². The lowest BCUT2D eigenvalue weighted by Gasteiger charge is -2.31. The van der Waals surface area contributed by atoms with Crippen molar-refractivity contribution in [2.24, 2.45) is 5.11 Å². The second-order valence-corrected chi connectivity index (χ2v) is 4.95. The van der Waals surface area contributed by atoms with Gasteiger partial charge >= 0.3 is 0 Å². The Hall–Kier alpha value is -2.00. The van der Waals surface area contributed by atoms with Gasteiger partial charge in [-0.2, -0.15) is 0 Å². The molecule has 1 saturated carbocycles. The van der Waals surface area contributed by atoms with E-state index in [9.17, 15) is 4.79 Å². The Morgan fingerprint density at radius 1 is 1.37 bits per heavy atom. The van der Waals surface area contributed by atoms with E-state index in [-0.39, 0.29) is 5.91 Å². The highest BCUT2D eigenvalue weighted by molar-refractivity contribution is 5.95. The first-order valence-corrected chi connectivity index (χ1v) is 6.64. The van der Waals surface area contributed by atoms with E-state index in [1.807, 2.05) is 11.9 Å². The summed E-state index contributed by atoms with van der Waals surface area (Å²) >= 11 is 0. The van der Waals surface area contributed by atoms with Crippen molar-refractivity contribution in [1.82, 2.24) is 4.90 Å². The zero-order chi connectivity index (χ0) is 13.7. The topological polar surface area (TPSA) is 69.1 Å². The van der Waals surface area contributed by atoms with Gasteiger partial charge in [-0.1, -0.05) is 36.5 Å². The van der Waals surface area contributed by atoms with Crippen molar-refractivity contribution in [3.05, 3.63) is 40.3 Å². The SMILES string of the molecule is CN(C(=O)c1cccc(N=[N+]=[N-])c1)C1CCCCC1. The highest BCUT2D eigenvalue weighted by Crippen LogP contribution is 2.23. The van der Waals surface area contributed by atoms with Crippen molar-refractivity contribution >= 4 is 11.6 Å². The lowest BCUT2D eigenvalue weighted by molar-refractivity contribution is 0.0696. The molecule has 1 fully saturated rings. The molecule has 0 bridgehead atoms. The van der Waals surface area contributed by atoms with Gasteiger partial charge in [-0.15, -0.1) is 0 Å². The summed E-state index contributed by atoms with van der Waals surface area (Å²) < 4.78 is 0. The van der Waals surface area contributed by atoms with Crippen molar-refractivity contribution < 1.29 is 4.79 Å². The lowest BCUT2D eigenvalue weighted by Crippen LogP contribution is -2.38. The molecular formula is C14H18N4O. The fourth-order valence-electron chi connectivity index (χ4n) is 2.59. The molecule has 0 unspecified atom stereocenters. The minimum atomic E-state index is 0.00175. The number of azide groups is 1. The third-order valence-electron chi connectivity index (χ3n) is 3.70. The standard InChI is InChI=1S/C14H18N4O/c1-18(13-8-3-2-4-9-13)14(19)11-6-5-7-12(10-11)16-17-15/h5-7,10,13H,2-4,8-9H2,1H3. The highest BCUT2D eigenvalue weighted by atomic mass is 16.2. The number of hydrogen-bond acceptors (Lipinski definition) is 2. The van der Waals surface area contributed by atoms with E-state index < -0.39 is 0 Å². The van der Waals surface area contributed by atoms with Crippen LogP contribution >= 0.6 is 0 Å². The molecule has 1 aromatic rings. The van der Waals surface area contributed by atoms with Gasteiger partial charge in [-0.05, 0) is 30.5 Å². The molecule has 0 N–H and O–H groups in total. The van der Waals surface area contributed by atoms with E-state index in [1.165, 1.54) is 19.3 Å². The Kier molecular flexibility index (Phi) is 4.42. The maximum atomic E-state index is 12.4. The molecule has 0 saturated heterocycles. The van der Waals surface area contributed by atoms with Gasteiger partial charge in [0.05, 0.1) is 0 Å². The average molecular weight is 258 g/mol. The normalized spacial score (nSPS) is 15.6. The molecule has 0 aromatic heterocycles. The molecule has 0 aliphatic heterocycles. The summed E-state index contributed by atoms with van der Waals surface area (Å²) in [5, 5.41) is 3.53. The predicted octanol–water partition coefficient (Wildman–Crippen LogP) is 4.03. The lowest BCUT2D eigenvalue weighted by atomic mass is 9.94. The second-order valence-electron chi connectivity index (χ2n) is 4.95. The number of amides is 1. The van der Waals surface area contributed by atoms with Crippen LogP contribution in [0.4, 0.5) is 5.69 Å². The Balaban J connectivity index is 2.13. The Bertz CT molecular complexity index is 502. The van der Waals surface area contributed by atoms with Crippen molar-refractivity contribution in [3.8, 4) is 0 Å². The van der Waals surface area contributed by atoms with Crippen LogP contribution in [0, 0.1) is 0 Å². The number of benzene rings is 1. The molecule has 0 heterocycles. The summed E-state index contributed by atoms with van der Waals surface area (Å²) in [5.74, 6) is 0.00175. The molecule has 100 valence electrons. The molecule has 5 nitrogen and oxygen atoms in total. The van der Waals surface area contributed by atoms with Crippen LogP contribution in [0.2, 0.25) is 0 Å². The number of carbonyl (C=O) groups is 1. The number of rotatable bonds is 3. The van der Waals surface area contributed by atoms with Crippen LogP contribution in [0.15, 0.2) is 29.4 Å². The monoisotopic (exact) mass is 258 g/mol. The predicted molar refractivity (Wildman–Crippen MR) is 74.2 cm³/mol.